The van der Waals surface area contributed by atoms with E-state index in [2.05, 4.69) is 16.0 Å². The lowest BCUT2D eigenvalue weighted by Gasteiger charge is -2.20. The predicted molar refractivity (Wildman–Crippen MR) is 333 cm³/mol. The van der Waals surface area contributed by atoms with Gasteiger partial charge in [-0.15, -0.1) is 0 Å². The van der Waals surface area contributed by atoms with Gasteiger partial charge in [0.05, 0.1) is 72.6 Å². The van der Waals surface area contributed by atoms with Gasteiger partial charge in [-0.1, -0.05) is 20.3 Å². The second kappa shape index (κ2) is 56.7. The molecule has 0 aromatic rings. The smallest absolute Gasteiger partial charge is 0.407 e. The summed E-state index contributed by atoms with van der Waals surface area (Å²) >= 11 is 0. The molecular formula is C62H99N7O26. The standard InChI is InChI=1S/C31H50N4O13.C31H49N3O13/c1-3-4-15-48-31(42)33-11-17-44-21-20-43-16-10-32-26(37)23-45-24-30(41)47-19-14-34(22-25(2)36)13-18-46-29(40)7-5-6-12-35-27(38)8-9-28(35)39;1-3-15-45-30(40)8-6-16-42-20-21-43-17-11-32-26(36)23-44-24-31(41)47-19-14-33(22-25(2)35)13-18-46-29(39)7-4-5-12-34-27(37)9-10-28(34)38/h8-9H,3-7,10-24H2,1-2H3,(H,32,37)(H,33,42);9-10H,3-8,11-24H2,1-2H3,(H,32,36). The largest absolute Gasteiger partial charge is 0.466 e. The summed E-state index contributed by atoms with van der Waals surface area (Å²) in [5.74, 6) is -5.02. The zero-order valence-electron chi connectivity index (χ0n) is 55.5. The van der Waals surface area contributed by atoms with E-state index in [-0.39, 0.29) is 172 Å². The van der Waals surface area contributed by atoms with Crippen LogP contribution >= 0.6 is 0 Å². The van der Waals surface area contributed by atoms with Crippen LogP contribution in [0.3, 0.4) is 0 Å². The molecule has 33 nitrogen and oxygen atoms in total. The summed E-state index contributed by atoms with van der Waals surface area (Å²) in [5.41, 5.74) is 0. The van der Waals surface area contributed by atoms with Crippen LogP contribution in [0.25, 0.3) is 0 Å². The molecule has 0 fully saturated rings. The lowest BCUT2D eigenvalue weighted by Crippen LogP contribution is -2.36. The molecule has 0 radical (unpaired) electrons. The number of nitrogens with zero attached hydrogens (tertiary/aromatic N) is 4. The summed E-state index contributed by atoms with van der Waals surface area (Å²) in [4.78, 5) is 169. The number of amides is 7. The molecule has 0 saturated carbocycles. The number of carbonyl (C=O) groups excluding carboxylic acids is 14. The molecule has 2 rings (SSSR count). The van der Waals surface area contributed by atoms with Crippen LogP contribution in [0.2, 0.25) is 0 Å². The molecule has 2 aliphatic heterocycles. The molecule has 2 heterocycles. The average Bonchev–Trinajstić information content (AvgIpc) is 1.86. The minimum absolute atomic E-state index is 0.0283. The van der Waals surface area contributed by atoms with Gasteiger partial charge in [0.15, 0.2) is 0 Å². The monoisotopic (exact) mass is 1360 g/mol. The lowest BCUT2D eigenvalue weighted by molar-refractivity contribution is -0.151. The van der Waals surface area contributed by atoms with Gasteiger partial charge in [-0.3, -0.25) is 72.3 Å². The lowest BCUT2D eigenvalue weighted by atomic mass is 10.2. The zero-order valence-corrected chi connectivity index (χ0v) is 55.5. The first-order valence-electron chi connectivity index (χ1n) is 31.9. The van der Waals surface area contributed by atoms with Crippen molar-refractivity contribution >= 4 is 82.9 Å². The number of ketones is 2. The van der Waals surface area contributed by atoms with Gasteiger partial charge < -0.3 is 72.8 Å². The number of unbranched alkanes of at least 4 members (excludes halogenated alkanes) is 3. The summed E-state index contributed by atoms with van der Waals surface area (Å²) in [6, 6.07) is 0. The summed E-state index contributed by atoms with van der Waals surface area (Å²) in [6.07, 6.45) is 9.87. The molecule has 0 bridgehead atoms. The van der Waals surface area contributed by atoms with Gasteiger partial charge in [0.1, 0.15) is 64.4 Å². The Morgan fingerprint density at radius 1 is 0.358 bits per heavy atom. The maximum absolute atomic E-state index is 12.0. The van der Waals surface area contributed by atoms with E-state index in [0.29, 0.717) is 97.9 Å². The second-order valence-corrected chi connectivity index (χ2v) is 21.0. The molecule has 33 heteroatoms. The predicted octanol–water partition coefficient (Wildman–Crippen LogP) is -0.290. The van der Waals surface area contributed by atoms with Crippen LogP contribution in [0, 0.1) is 0 Å². The molecule has 0 atom stereocenters. The number of hydrogen-bond donors (Lipinski definition) is 3. The number of hydrogen-bond acceptors (Lipinski definition) is 28. The number of Topliss-reactive ketones (excluding diaryl/α,β-unsaturated/α-hetero) is 2. The Labute approximate surface area is 554 Å². The fourth-order valence-corrected chi connectivity index (χ4v) is 7.85. The Balaban J connectivity index is 0.000000950. The van der Waals surface area contributed by atoms with Crippen LogP contribution in [0.15, 0.2) is 24.3 Å². The molecule has 95 heavy (non-hydrogen) atoms. The molecule has 7 amide bonds. The van der Waals surface area contributed by atoms with E-state index in [1.165, 1.54) is 38.2 Å². The second-order valence-electron chi connectivity index (χ2n) is 21.0. The summed E-state index contributed by atoms with van der Waals surface area (Å²) in [6.45, 7) is 10.9. The van der Waals surface area contributed by atoms with Crippen molar-refractivity contribution in [2.45, 2.75) is 98.3 Å². The number of ether oxygens (including phenoxy) is 12. The first-order valence-corrected chi connectivity index (χ1v) is 31.9. The molecule has 0 aliphatic carbocycles. The molecule has 0 spiro atoms. The summed E-state index contributed by atoms with van der Waals surface area (Å²) < 4.78 is 62.1. The van der Waals surface area contributed by atoms with Crippen LogP contribution in [0.4, 0.5) is 4.79 Å². The highest BCUT2D eigenvalue weighted by Crippen LogP contribution is 2.09. The maximum Gasteiger partial charge on any atom is 0.407 e. The third-order valence-electron chi connectivity index (χ3n) is 12.6. The first-order chi connectivity index (χ1) is 45.7. The third kappa shape index (κ3) is 49.5. The van der Waals surface area contributed by atoms with Crippen LogP contribution < -0.4 is 16.0 Å². The van der Waals surface area contributed by atoms with Crippen molar-refractivity contribution in [1.82, 2.24) is 35.6 Å². The number of carbonyl (C=O) groups is 14. The molecular weight excluding hydrogens is 1260 g/mol. The van der Waals surface area contributed by atoms with Crippen LogP contribution in [-0.2, 0) is 119 Å². The SMILES string of the molecule is CCCCOC(=O)NCCOCCOCCNC(=O)COCC(=O)OCCN(CCOC(=O)CCCCN1C(=O)C=CC1=O)CC(C)=O.CCCOC(=O)CCCOCCOCCNC(=O)COCC(=O)OCCN(CCOC(=O)CCCCN1C(=O)C=CC1=O)CC(C)=O. The van der Waals surface area contributed by atoms with Crippen LogP contribution in [0.1, 0.15) is 98.3 Å². The van der Waals surface area contributed by atoms with Crippen molar-refractivity contribution in [2.24, 2.45) is 0 Å². The molecule has 0 aromatic carbocycles. The third-order valence-corrected chi connectivity index (χ3v) is 12.6. The fraction of sp³-hybridized carbons (Fsp3) is 0.710. The van der Waals surface area contributed by atoms with Crippen molar-refractivity contribution in [2.75, 3.05) is 191 Å². The van der Waals surface area contributed by atoms with E-state index >= 15 is 0 Å². The molecule has 0 saturated heterocycles. The Bertz CT molecular complexity index is 2370. The van der Waals surface area contributed by atoms with Gasteiger partial charge in [0.25, 0.3) is 23.6 Å². The van der Waals surface area contributed by atoms with E-state index in [9.17, 15) is 67.1 Å². The normalized spacial score (nSPS) is 12.4. The minimum atomic E-state index is -0.683. The van der Waals surface area contributed by atoms with Gasteiger partial charge in [0.2, 0.25) is 11.8 Å². The van der Waals surface area contributed by atoms with Crippen molar-refractivity contribution < 1.29 is 124 Å². The summed E-state index contributed by atoms with van der Waals surface area (Å²) in [7, 11) is 0. The molecule has 538 valence electrons. The molecule has 0 unspecified atom stereocenters. The number of imide groups is 2. The van der Waals surface area contributed by atoms with Crippen LogP contribution in [-0.4, -0.2) is 293 Å². The first kappa shape index (κ1) is 85.4. The Hall–Kier alpha value is -7.66. The number of nitrogens with one attached hydrogen (secondary N) is 3. The molecule has 2 aliphatic rings. The highest BCUT2D eigenvalue weighted by molar-refractivity contribution is 6.13. The minimum Gasteiger partial charge on any atom is -0.466 e. The summed E-state index contributed by atoms with van der Waals surface area (Å²) in [5, 5.41) is 7.76. The van der Waals surface area contributed by atoms with Crippen LogP contribution in [0.5, 0.6) is 0 Å². The Kier molecular flexibility index (Phi) is 50.9. The highest BCUT2D eigenvalue weighted by Gasteiger charge is 2.24. The molecule has 3 N–H and O–H groups in total. The Morgan fingerprint density at radius 2 is 0.716 bits per heavy atom. The van der Waals surface area contributed by atoms with Gasteiger partial charge in [-0.25, -0.2) is 14.4 Å². The van der Waals surface area contributed by atoms with Crippen molar-refractivity contribution in [1.29, 1.82) is 0 Å². The maximum atomic E-state index is 12.0. The van der Waals surface area contributed by atoms with E-state index in [1.807, 2.05) is 13.8 Å². The van der Waals surface area contributed by atoms with Gasteiger partial charge >= 0.3 is 35.9 Å². The van der Waals surface area contributed by atoms with E-state index in [1.54, 1.807) is 9.80 Å². The number of esters is 5. The fourth-order valence-electron chi connectivity index (χ4n) is 7.85. The van der Waals surface area contributed by atoms with E-state index < -0.39 is 55.0 Å². The van der Waals surface area contributed by atoms with Gasteiger partial charge in [-0.05, 0) is 58.8 Å². The quantitative estimate of drug-likeness (QED) is 0.0305. The van der Waals surface area contributed by atoms with Crippen molar-refractivity contribution in [3.8, 4) is 0 Å². The Morgan fingerprint density at radius 3 is 1.09 bits per heavy atom. The topological polar surface area (TPSA) is 399 Å². The van der Waals surface area contributed by atoms with Gasteiger partial charge in [0, 0.05) is 109 Å². The zero-order chi connectivity index (χ0) is 70.1. The van der Waals surface area contributed by atoms with E-state index in [0.717, 1.165) is 29.1 Å². The average molecular weight is 1360 g/mol. The van der Waals surface area contributed by atoms with Crippen molar-refractivity contribution in [3.63, 3.8) is 0 Å². The van der Waals surface area contributed by atoms with Gasteiger partial charge in [-0.2, -0.15) is 0 Å². The molecule has 0 aromatic heterocycles. The number of rotatable bonds is 58. The highest BCUT2D eigenvalue weighted by atomic mass is 16.6. The van der Waals surface area contributed by atoms with Crippen molar-refractivity contribution in [3.05, 3.63) is 24.3 Å². The number of alkyl carbamates (subject to hydrolysis) is 1. The van der Waals surface area contributed by atoms with E-state index in [4.69, 9.17) is 56.8 Å².